The van der Waals surface area contributed by atoms with Crippen LogP contribution in [0.4, 0.5) is 4.79 Å². The van der Waals surface area contributed by atoms with Gasteiger partial charge in [0.25, 0.3) is 5.91 Å². The molecule has 0 aliphatic carbocycles. The van der Waals surface area contributed by atoms with Crippen molar-refractivity contribution in [3.8, 4) is 0 Å². The summed E-state index contributed by atoms with van der Waals surface area (Å²) in [5, 5.41) is 2.97. The zero-order valence-corrected chi connectivity index (χ0v) is 13.1. The Morgan fingerprint density at radius 1 is 1.43 bits per heavy atom. The topological polar surface area (TPSA) is 98.4 Å². The summed E-state index contributed by atoms with van der Waals surface area (Å²) >= 11 is 5.92. The molecular formula is C14H14ClN5O3. The van der Waals surface area contributed by atoms with Gasteiger partial charge in [0.1, 0.15) is 12.4 Å². The molecule has 0 unspecified atom stereocenters. The number of nitrogens with one attached hydrogen (secondary N) is 2. The fourth-order valence-electron chi connectivity index (χ4n) is 2.29. The lowest BCUT2D eigenvalue weighted by atomic mass is 10.3. The molecule has 0 bridgehead atoms. The molecule has 3 rings (SSSR count). The Morgan fingerprint density at radius 3 is 2.91 bits per heavy atom. The van der Waals surface area contributed by atoms with Crippen LogP contribution in [0.2, 0.25) is 5.02 Å². The molecule has 0 saturated carbocycles. The number of rotatable bonds is 4. The molecular weight excluding hydrogens is 322 g/mol. The quantitative estimate of drug-likeness (QED) is 0.804. The van der Waals surface area contributed by atoms with Crippen molar-refractivity contribution >= 4 is 40.5 Å². The Hall–Kier alpha value is -2.61. The van der Waals surface area contributed by atoms with Gasteiger partial charge in [0.2, 0.25) is 5.91 Å². The van der Waals surface area contributed by atoms with Crippen LogP contribution in [-0.2, 0) is 16.1 Å². The van der Waals surface area contributed by atoms with E-state index in [9.17, 15) is 14.4 Å². The Morgan fingerprint density at radius 2 is 2.22 bits per heavy atom. The van der Waals surface area contributed by atoms with Gasteiger partial charge in [0.15, 0.2) is 0 Å². The number of nitrogens with zero attached hydrogens (tertiary/aromatic N) is 3. The van der Waals surface area contributed by atoms with Gasteiger partial charge in [-0.15, -0.1) is 0 Å². The average molecular weight is 336 g/mol. The van der Waals surface area contributed by atoms with Gasteiger partial charge in [-0.2, -0.15) is 0 Å². The van der Waals surface area contributed by atoms with Gasteiger partial charge in [-0.1, -0.05) is 11.6 Å². The van der Waals surface area contributed by atoms with Crippen LogP contribution in [0.1, 0.15) is 5.82 Å². The van der Waals surface area contributed by atoms with E-state index in [0.717, 1.165) is 15.9 Å². The van der Waals surface area contributed by atoms with Crippen LogP contribution in [-0.4, -0.2) is 57.8 Å². The molecule has 2 heterocycles. The first kappa shape index (κ1) is 15.3. The highest BCUT2D eigenvalue weighted by molar-refractivity contribution is 6.31. The van der Waals surface area contributed by atoms with Crippen LogP contribution in [0, 0.1) is 0 Å². The Balaban J connectivity index is 1.67. The summed E-state index contributed by atoms with van der Waals surface area (Å²) < 4.78 is 0. The van der Waals surface area contributed by atoms with Crippen molar-refractivity contribution in [2.45, 2.75) is 6.54 Å². The lowest BCUT2D eigenvalue weighted by molar-refractivity contribution is -0.136. The third-order valence-corrected chi connectivity index (χ3v) is 3.77. The highest BCUT2D eigenvalue weighted by Gasteiger charge is 2.31. The van der Waals surface area contributed by atoms with Crippen LogP contribution in [0.3, 0.4) is 0 Å². The fraction of sp³-hybridized carbons (Fsp3) is 0.286. The summed E-state index contributed by atoms with van der Waals surface area (Å²) in [5.74, 6) is -0.167. The second kappa shape index (κ2) is 5.88. The van der Waals surface area contributed by atoms with E-state index in [0.29, 0.717) is 10.8 Å². The van der Waals surface area contributed by atoms with E-state index in [1.165, 1.54) is 4.90 Å². The van der Waals surface area contributed by atoms with Crippen LogP contribution >= 0.6 is 11.6 Å². The molecule has 8 nitrogen and oxygen atoms in total. The Kier molecular flexibility index (Phi) is 3.91. The van der Waals surface area contributed by atoms with Crippen molar-refractivity contribution < 1.29 is 14.4 Å². The highest BCUT2D eigenvalue weighted by Crippen LogP contribution is 2.17. The minimum absolute atomic E-state index is 0.0693. The van der Waals surface area contributed by atoms with Crippen molar-refractivity contribution in [2.24, 2.45) is 0 Å². The third kappa shape index (κ3) is 3.11. The fourth-order valence-corrected chi connectivity index (χ4v) is 2.47. The number of aromatic nitrogens is 2. The Bertz CT molecular complexity index is 787. The highest BCUT2D eigenvalue weighted by atomic mass is 35.5. The molecule has 2 aromatic rings. The molecule has 1 aliphatic rings. The first-order chi connectivity index (χ1) is 10.9. The SMILES string of the molecule is CN(Cc1nc2ccc(Cl)cc2[nH]1)C(=O)CN1C(=O)CNC1=O. The molecule has 0 radical (unpaired) electrons. The number of aromatic amines is 1. The van der Waals surface area contributed by atoms with Crippen LogP contribution in [0.25, 0.3) is 11.0 Å². The molecule has 23 heavy (non-hydrogen) atoms. The summed E-state index contributed by atoms with van der Waals surface area (Å²) in [6, 6.07) is 4.73. The summed E-state index contributed by atoms with van der Waals surface area (Å²) in [6.07, 6.45) is 0. The standard InChI is InChI=1S/C14H14ClN5O3/c1-19(13(22)7-20-12(21)5-16-14(20)23)6-11-17-9-3-2-8(15)4-10(9)18-11/h2-4H,5-7H2,1H3,(H,16,23)(H,17,18). The summed E-state index contributed by atoms with van der Waals surface area (Å²) in [5.41, 5.74) is 1.53. The molecule has 2 N–H and O–H groups in total. The summed E-state index contributed by atoms with van der Waals surface area (Å²) in [6.45, 7) is -0.123. The number of imide groups is 1. The number of hydrogen-bond donors (Lipinski definition) is 2. The predicted octanol–water partition coefficient (Wildman–Crippen LogP) is 0.726. The number of hydrogen-bond acceptors (Lipinski definition) is 4. The average Bonchev–Trinajstić information content (AvgIpc) is 3.03. The molecule has 120 valence electrons. The number of likely N-dealkylation sites (N-methyl/N-ethyl adjacent to an activating group) is 1. The van der Waals surface area contributed by atoms with E-state index >= 15 is 0 Å². The number of fused-ring (bicyclic) bond motifs is 1. The molecule has 4 amide bonds. The van der Waals surface area contributed by atoms with Crippen molar-refractivity contribution in [3.05, 3.63) is 29.0 Å². The third-order valence-electron chi connectivity index (χ3n) is 3.54. The molecule has 1 aliphatic heterocycles. The van der Waals surface area contributed by atoms with Gasteiger partial charge < -0.3 is 15.2 Å². The molecule has 1 saturated heterocycles. The zero-order chi connectivity index (χ0) is 16.6. The summed E-state index contributed by atoms with van der Waals surface area (Å²) in [7, 11) is 1.58. The maximum absolute atomic E-state index is 12.2. The summed E-state index contributed by atoms with van der Waals surface area (Å²) in [4.78, 5) is 44.8. The number of benzene rings is 1. The smallest absolute Gasteiger partial charge is 0.325 e. The molecule has 0 spiro atoms. The van der Waals surface area contributed by atoms with Gasteiger partial charge >= 0.3 is 6.03 Å². The van der Waals surface area contributed by atoms with Crippen molar-refractivity contribution in [3.63, 3.8) is 0 Å². The number of carbonyl (C=O) groups excluding carboxylic acids is 3. The molecule has 1 aromatic heterocycles. The van der Waals surface area contributed by atoms with Crippen LogP contribution in [0.5, 0.6) is 0 Å². The van der Waals surface area contributed by atoms with E-state index in [-0.39, 0.29) is 25.5 Å². The first-order valence-electron chi connectivity index (χ1n) is 6.90. The number of urea groups is 1. The van der Waals surface area contributed by atoms with Gasteiger partial charge in [-0.05, 0) is 18.2 Å². The van der Waals surface area contributed by atoms with Crippen molar-refractivity contribution in [1.29, 1.82) is 0 Å². The minimum atomic E-state index is -0.546. The largest absolute Gasteiger partial charge is 0.340 e. The molecule has 1 fully saturated rings. The Labute approximate surface area is 136 Å². The maximum atomic E-state index is 12.2. The number of imidazole rings is 1. The van der Waals surface area contributed by atoms with E-state index in [1.807, 2.05) is 0 Å². The molecule has 9 heteroatoms. The predicted molar refractivity (Wildman–Crippen MR) is 82.7 cm³/mol. The van der Waals surface area contributed by atoms with Crippen LogP contribution < -0.4 is 5.32 Å². The second-order valence-corrected chi connectivity index (χ2v) is 5.67. The van der Waals surface area contributed by atoms with Crippen molar-refractivity contribution in [2.75, 3.05) is 20.1 Å². The second-order valence-electron chi connectivity index (χ2n) is 5.23. The van der Waals surface area contributed by atoms with Crippen molar-refractivity contribution in [1.82, 2.24) is 25.1 Å². The molecule has 0 atom stereocenters. The monoisotopic (exact) mass is 335 g/mol. The van der Waals surface area contributed by atoms with E-state index in [4.69, 9.17) is 11.6 Å². The van der Waals surface area contributed by atoms with E-state index in [1.54, 1.807) is 25.2 Å². The molecule has 1 aromatic carbocycles. The van der Waals surface area contributed by atoms with Gasteiger partial charge in [0.05, 0.1) is 24.1 Å². The lowest BCUT2D eigenvalue weighted by Gasteiger charge is -2.19. The number of H-pyrrole nitrogens is 1. The van der Waals surface area contributed by atoms with Gasteiger partial charge in [-0.3, -0.25) is 14.5 Å². The normalized spacial score (nSPS) is 14.4. The number of amides is 4. The number of carbonyl (C=O) groups is 3. The van der Waals surface area contributed by atoms with E-state index in [2.05, 4.69) is 15.3 Å². The lowest BCUT2D eigenvalue weighted by Crippen LogP contribution is -2.41. The maximum Gasteiger partial charge on any atom is 0.325 e. The van der Waals surface area contributed by atoms with E-state index < -0.39 is 11.9 Å². The number of halogens is 1. The minimum Gasteiger partial charge on any atom is -0.340 e. The van der Waals surface area contributed by atoms with Gasteiger partial charge in [-0.25, -0.2) is 9.78 Å². The van der Waals surface area contributed by atoms with Gasteiger partial charge in [0, 0.05) is 12.1 Å². The van der Waals surface area contributed by atoms with Crippen LogP contribution in [0.15, 0.2) is 18.2 Å². The first-order valence-corrected chi connectivity index (χ1v) is 7.28. The zero-order valence-electron chi connectivity index (χ0n) is 12.3.